The van der Waals surface area contributed by atoms with Crippen LogP contribution in [0.15, 0.2) is 18.2 Å². The molecule has 0 bridgehead atoms. The molecule has 0 atom stereocenters. The highest BCUT2D eigenvalue weighted by Gasteiger charge is 2.23. The Labute approximate surface area is 111 Å². The summed E-state index contributed by atoms with van der Waals surface area (Å²) >= 11 is 0. The smallest absolute Gasteiger partial charge is 0.251 e. The predicted octanol–water partition coefficient (Wildman–Crippen LogP) is 0.785. The summed E-state index contributed by atoms with van der Waals surface area (Å²) in [6.45, 7) is 3.39. The average molecular weight is 266 g/mol. The van der Waals surface area contributed by atoms with Crippen molar-refractivity contribution in [1.82, 2.24) is 5.32 Å². The molecule has 0 fully saturated rings. The highest BCUT2D eigenvalue weighted by atomic mass is 16.5. The minimum Gasteiger partial charge on any atom is -0.504 e. The summed E-state index contributed by atoms with van der Waals surface area (Å²) < 4.78 is 4.89. The lowest BCUT2D eigenvalue weighted by atomic mass is 9.99. The fourth-order valence-electron chi connectivity index (χ4n) is 1.69. The molecule has 1 aromatic rings. The molecule has 0 heterocycles. The third kappa shape index (κ3) is 4.17. The van der Waals surface area contributed by atoms with Gasteiger partial charge in [0, 0.05) is 17.5 Å². The SMILES string of the molecule is COc1ccc(C(=O)NC(C)(C)CC(N)=O)cc1O. The Bertz CT molecular complexity index is 497. The van der Waals surface area contributed by atoms with Gasteiger partial charge in [-0.3, -0.25) is 9.59 Å². The fourth-order valence-corrected chi connectivity index (χ4v) is 1.69. The maximum atomic E-state index is 12.0. The highest BCUT2D eigenvalue weighted by Crippen LogP contribution is 2.26. The quantitative estimate of drug-likeness (QED) is 0.733. The average Bonchev–Trinajstić information content (AvgIpc) is 2.26. The number of hydrogen-bond donors (Lipinski definition) is 3. The Morgan fingerprint density at radius 3 is 2.53 bits per heavy atom. The number of amides is 2. The van der Waals surface area contributed by atoms with Gasteiger partial charge < -0.3 is 20.9 Å². The van der Waals surface area contributed by atoms with E-state index in [9.17, 15) is 14.7 Å². The van der Waals surface area contributed by atoms with Gasteiger partial charge in [0.25, 0.3) is 5.91 Å². The van der Waals surface area contributed by atoms with Gasteiger partial charge in [0.1, 0.15) is 0 Å². The van der Waals surface area contributed by atoms with E-state index in [1.807, 2.05) is 0 Å². The van der Waals surface area contributed by atoms with Crippen molar-refractivity contribution < 1.29 is 19.4 Å². The van der Waals surface area contributed by atoms with Gasteiger partial charge in [-0.2, -0.15) is 0 Å². The van der Waals surface area contributed by atoms with Crippen LogP contribution in [-0.4, -0.2) is 29.6 Å². The van der Waals surface area contributed by atoms with Crippen LogP contribution in [0.2, 0.25) is 0 Å². The van der Waals surface area contributed by atoms with Crippen molar-refractivity contribution in [2.75, 3.05) is 7.11 Å². The molecule has 0 unspecified atom stereocenters. The Morgan fingerprint density at radius 1 is 1.42 bits per heavy atom. The normalized spacial score (nSPS) is 10.9. The van der Waals surface area contributed by atoms with Crippen LogP contribution in [0.25, 0.3) is 0 Å². The third-order valence-corrected chi connectivity index (χ3v) is 2.51. The van der Waals surface area contributed by atoms with E-state index in [1.165, 1.54) is 25.3 Å². The molecule has 1 rings (SSSR count). The summed E-state index contributed by atoms with van der Waals surface area (Å²) in [5.41, 5.74) is 4.63. The van der Waals surface area contributed by atoms with Crippen LogP contribution in [0.4, 0.5) is 0 Å². The van der Waals surface area contributed by atoms with Crippen molar-refractivity contribution >= 4 is 11.8 Å². The van der Waals surface area contributed by atoms with Crippen molar-refractivity contribution in [2.45, 2.75) is 25.8 Å². The zero-order chi connectivity index (χ0) is 14.6. The van der Waals surface area contributed by atoms with Crippen molar-refractivity contribution in [3.63, 3.8) is 0 Å². The first-order valence-electron chi connectivity index (χ1n) is 5.73. The number of carbonyl (C=O) groups is 2. The van der Waals surface area contributed by atoms with Crippen LogP contribution in [0.1, 0.15) is 30.6 Å². The fraction of sp³-hybridized carbons (Fsp3) is 0.385. The van der Waals surface area contributed by atoms with Crippen LogP contribution >= 0.6 is 0 Å². The maximum Gasteiger partial charge on any atom is 0.251 e. The molecular weight excluding hydrogens is 248 g/mol. The van der Waals surface area contributed by atoms with Crippen LogP contribution in [0, 0.1) is 0 Å². The summed E-state index contributed by atoms with van der Waals surface area (Å²) in [7, 11) is 1.42. The molecule has 0 saturated heterocycles. The first-order valence-corrected chi connectivity index (χ1v) is 5.73. The molecule has 0 aromatic heterocycles. The summed E-state index contributed by atoms with van der Waals surface area (Å²) in [5.74, 6) is -0.733. The number of methoxy groups -OCH3 is 1. The van der Waals surface area contributed by atoms with Crippen LogP contribution in [0.3, 0.4) is 0 Å². The van der Waals surface area contributed by atoms with Gasteiger partial charge in [-0.05, 0) is 32.0 Å². The van der Waals surface area contributed by atoms with E-state index >= 15 is 0 Å². The molecule has 6 nitrogen and oxygen atoms in total. The third-order valence-electron chi connectivity index (χ3n) is 2.51. The van der Waals surface area contributed by atoms with E-state index in [-0.39, 0.29) is 23.5 Å². The first kappa shape index (κ1) is 14.8. The molecule has 19 heavy (non-hydrogen) atoms. The largest absolute Gasteiger partial charge is 0.504 e. The number of benzene rings is 1. The van der Waals surface area contributed by atoms with Crippen LogP contribution in [-0.2, 0) is 4.79 Å². The minimum atomic E-state index is -0.752. The number of primary amides is 1. The van der Waals surface area contributed by atoms with E-state index in [0.717, 1.165) is 0 Å². The van der Waals surface area contributed by atoms with E-state index in [4.69, 9.17) is 10.5 Å². The lowest BCUT2D eigenvalue weighted by Gasteiger charge is -2.24. The number of hydrogen-bond acceptors (Lipinski definition) is 4. The van der Waals surface area contributed by atoms with E-state index < -0.39 is 17.4 Å². The summed E-state index contributed by atoms with van der Waals surface area (Å²) in [5, 5.41) is 12.3. The van der Waals surface area contributed by atoms with Gasteiger partial charge in [0.15, 0.2) is 11.5 Å². The van der Waals surface area contributed by atoms with Crippen molar-refractivity contribution in [3.05, 3.63) is 23.8 Å². The summed E-state index contributed by atoms with van der Waals surface area (Å²) in [4.78, 5) is 22.9. The second-order valence-corrected chi connectivity index (χ2v) is 4.87. The molecule has 2 amide bonds. The Morgan fingerprint density at radius 2 is 2.05 bits per heavy atom. The lowest BCUT2D eigenvalue weighted by Crippen LogP contribution is -2.46. The number of nitrogens with one attached hydrogen (secondary N) is 1. The van der Waals surface area contributed by atoms with Gasteiger partial charge in [-0.1, -0.05) is 0 Å². The Balaban J connectivity index is 2.84. The number of rotatable bonds is 5. The lowest BCUT2D eigenvalue weighted by molar-refractivity contribution is -0.119. The van der Waals surface area contributed by atoms with Crippen LogP contribution in [0.5, 0.6) is 11.5 Å². The highest BCUT2D eigenvalue weighted by molar-refractivity contribution is 5.95. The van der Waals surface area contributed by atoms with Gasteiger partial charge >= 0.3 is 0 Å². The molecule has 1 aromatic carbocycles. The number of nitrogens with two attached hydrogens (primary N) is 1. The molecular formula is C13H18N2O4. The van der Waals surface area contributed by atoms with E-state index in [0.29, 0.717) is 0 Å². The molecule has 104 valence electrons. The second-order valence-electron chi connectivity index (χ2n) is 4.87. The molecule has 0 saturated carbocycles. The van der Waals surface area contributed by atoms with Gasteiger partial charge in [-0.25, -0.2) is 0 Å². The minimum absolute atomic E-state index is 0.0286. The first-order chi connectivity index (χ1) is 8.75. The van der Waals surface area contributed by atoms with Crippen molar-refractivity contribution in [1.29, 1.82) is 0 Å². The molecule has 0 aliphatic heterocycles. The monoisotopic (exact) mass is 266 g/mol. The molecule has 6 heteroatoms. The predicted molar refractivity (Wildman–Crippen MR) is 70.0 cm³/mol. The van der Waals surface area contributed by atoms with E-state index in [2.05, 4.69) is 5.32 Å². The van der Waals surface area contributed by atoms with Gasteiger partial charge in [0.2, 0.25) is 5.91 Å². The zero-order valence-electron chi connectivity index (χ0n) is 11.2. The van der Waals surface area contributed by atoms with Crippen molar-refractivity contribution in [3.8, 4) is 11.5 Å². The Kier molecular flexibility index (Phi) is 4.37. The number of ether oxygens (including phenoxy) is 1. The molecule has 4 N–H and O–H groups in total. The van der Waals surface area contributed by atoms with Crippen molar-refractivity contribution in [2.24, 2.45) is 5.73 Å². The number of aromatic hydroxyl groups is 1. The zero-order valence-corrected chi connectivity index (χ0v) is 11.2. The van der Waals surface area contributed by atoms with Crippen LogP contribution < -0.4 is 15.8 Å². The topological polar surface area (TPSA) is 102 Å². The second kappa shape index (κ2) is 5.60. The standard InChI is InChI=1S/C13H18N2O4/c1-13(2,7-11(14)17)15-12(18)8-4-5-10(19-3)9(16)6-8/h4-6,16H,7H2,1-3H3,(H2,14,17)(H,15,18). The maximum absolute atomic E-state index is 12.0. The molecule has 0 aliphatic rings. The summed E-state index contributed by atoms with van der Waals surface area (Å²) in [6.07, 6.45) is 0.0286. The van der Waals surface area contributed by atoms with Gasteiger partial charge in [-0.15, -0.1) is 0 Å². The van der Waals surface area contributed by atoms with Gasteiger partial charge in [0.05, 0.1) is 7.11 Å². The number of carbonyl (C=O) groups excluding carboxylic acids is 2. The molecule has 0 radical (unpaired) electrons. The molecule has 0 aliphatic carbocycles. The number of phenolic OH excluding ortho intramolecular Hbond substituents is 1. The summed E-state index contributed by atoms with van der Waals surface area (Å²) in [6, 6.07) is 4.31. The Hall–Kier alpha value is -2.24. The molecule has 0 spiro atoms. The number of phenols is 1. The van der Waals surface area contributed by atoms with E-state index in [1.54, 1.807) is 13.8 Å².